The molecule has 0 spiro atoms. The van der Waals surface area contributed by atoms with Gasteiger partial charge in [-0.2, -0.15) is 0 Å². The highest BCUT2D eigenvalue weighted by Gasteiger charge is 2.29. The molecule has 6 heteroatoms. The summed E-state index contributed by atoms with van der Waals surface area (Å²) < 4.78 is 5.90. The second kappa shape index (κ2) is 14.8. The van der Waals surface area contributed by atoms with Crippen LogP contribution in [-0.2, 0) is 22.6 Å². The Kier molecular flexibility index (Phi) is 12.1. The number of rotatable bonds is 14. The Labute approximate surface area is 224 Å². The molecule has 2 aromatic rings. The molecule has 0 aliphatic heterocycles. The predicted octanol–water partition coefficient (Wildman–Crippen LogP) is 5.35. The van der Waals surface area contributed by atoms with Crippen LogP contribution in [0, 0.1) is 5.92 Å². The average molecular weight is 510 g/mol. The van der Waals surface area contributed by atoms with Crippen LogP contribution in [-0.4, -0.2) is 47.9 Å². The van der Waals surface area contributed by atoms with Gasteiger partial charge in [0.25, 0.3) is 0 Å². The third-order valence-corrected chi connectivity index (χ3v) is 6.20. The molecule has 2 atom stereocenters. The smallest absolute Gasteiger partial charge is 0.243 e. The Morgan fingerprint density at radius 1 is 0.919 bits per heavy atom. The van der Waals surface area contributed by atoms with Crippen LogP contribution in [0.5, 0.6) is 5.75 Å². The highest BCUT2D eigenvalue weighted by molar-refractivity contribution is 5.90. The topological polar surface area (TPSA) is 70.7 Å². The minimum Gasteiger partial charge on any atom is -0.489 e. The molecule has 0 unspecified atom stereocenters. The van der Waals surface area contributed by atoms with Crippen molar-refractivity contribution in [2.24, 2.45) is 5.92 Å². The van der Waals surface area contributed by atoms with Gasteiger partial charge in [0.1, 0.15) is 18.4 Å². The molecule has 6 nitrogen and oxygen atoms in total. The number of amides is 2. The van der Waals surface area contributed by atoms with Crippen molar-refractivity contribution in [2.45, 2.75) is 91.5 Å². The van der Waals surface area contributed by atoms with Crippen LogP contribution in [0.2, 0.25) is 0 Å². The molecule has 2 aromatic carbocycles. The van der Waals surface area contributed by atoms with Gasteiger partial charge in [-0.1, -0.05) is 69.7 Å². The van der Waals surface area contributed by atoms with Gasteiger partial charge in [0.05, 0.1) is 6.04 Å². The maximum absolute atomic E-state index is 13.4. The van der Waals surface area contributed by atoms with E-state index in [1.807, 2.05) is 82.4 Å². The monoisotopic (exact) mass is 509 g/mol. The van der Waals surface area contributed by atoms with Crippen molar-refractivity contribution < 1.29 is 14.3 Å². The van der Waals surface area contributed by atoms with Crippen LogP contribution in [0.3, 0.4) is 0 Å². The quantitative estimate of drug-likeness (QED) is 0.360. The zero-order chi connectivity index (χ0) is 27.4. The van der Waals surface area contributed by atoms with Crippen molar-refractivity contribution in [3.8, 4) is 5.75 Å². The van der Waals surface area contributed by atoms with E-state index in [1.165, 1.54) is 0 Å². The number of benzene rings is 2. The third-order valence-electron chi connectivity index (χ3n) is 6.20. The van der Waals surface area contributed by atoms with Crippen molar-refractivity contribution in [2.75, 3.05) is 13.6 Å². The second-order valence-electron chi connectivity index (χ2n) is 11.4. The molecule has 204 valence electrons. The lowest BCUT2D eigenvalue weighted by Crippen LogP contribution is -2.56. The average Bonchev–Trinajstić information content (AvgIpc) is 2.84. The molecule has 0 aliphatic rings. The Bertz CT molecular complexity index is 952. The first-order valence-corrected chi connectivity index (χ1v) is 13.6. The van der Waals surface area contributed by atoms with Crippen molar-refractivity contribution in [3.63, 3.8) is 0 Å². The molecule has 0 aliphatic carbocycles. The summed E-state index contributed by atoms with van der Waals surface area (Å²) in [5, 5.41) is 6.12. The Morgan fingerprint density at radius 2 is 1.57 bits per heavy atom. The van der Waals surface area contributed by atoms with Gasteiger partial charge < -0.3 is 15.4 Å². The van der Waals surface area contributed by atoms with Gasteiger partial charge in [0.2, 0.25) is 11.8 Å². The maximum atomic E-state index is 13.4. The van der Waals surface area contributed by atoms with Crippen molar-refractivity contribution in [3.05, 3.63) is 65.7 Å². The van der Waals surface area contributed by atoms with Crippen LogP contribution in [0.1, 0.15) is 71.9 Å². The molecule has 0 radical (unpaired) electrons. The predicted molar refractivity (Wildman–Crippen MR) is 152 cm³/mol. The first-order valence-electron chi connectivity index (χ1n) is 13.6. The summed E-state index contributed by atoms with van der Waals surface area (Å²) in [6.45, 7) is 13.6. The summed E-state index contributed by atoms with van der Waals surface area (Å²) in [6.07, 6.45) is 3.08. The van der Waals surface area contributed by atoms with E-state index in [2.05, 4.69) is 36.3 Å². The van der Waals surface area contributed by atoms with Gasteiger partial charge in [-0.25, -0.2) is 0 Å². The van der Waals surface area contributed by atoms with E-state index in [0.29, 0.717) is 18.9 Å². The summed E-state index contributed by atoms with van der Waals surface area (Å²) in [6, 6.07) is 16.8. The lowest BCUT2D eigenvalue weighted by atomic mass is 10.0. The van der Waals surface area contributed by atoms with Crippen LogP contribution >= 0.6 is 0 Å². The lowest BCUT2D eigenvalue weighted by molar-refractivity contribution is -0.132. The second-order valence-corrected chi connectivity index (χ2v) is 11.4. The maximum Gasteiger partial charge on any atom is 0.243 e. The fourth-order valence-corrected chi connectivity index (χ4v) is 4.08. The normalized spacial score (nSPS) is 13.3. The van der Waals surface area contributed by atoms with E-state index in [9.17, 15) is 9.59 Å². The van der Waals surface area contributed by atoms with Crippen molar-refractivity contribution in [1.29, 1.82) is 0 Å². The number of ether oxygens (including phenoxy) is 1. The number of nitrogens with one attached hydrogen (secondary N) is 2. The molecule has 2 rings (SSSR count). The van der Waals surface area contributed by atoms with Crippen LogP contribution in [0.25, 0.3) is 0 Å². The molecular weight excluding hydrogens is 462 g/mol. The third kappa shape index (κ3) is 11.4. The van der Waals surface area contributed by atoms with Gasteiger partial charge in [0, 0.05) is 12.0 Å². The van der Waals surface area contributed by atoms with E-state index in [4.69, 9.17) is 4.74 Å². The van der Waals surface area contributed by atoms with Gasteiger partial charge in [-0.05, 0) is 76.4 Å². The van der Waals surface area contributed by atoms with Gasteiger partial charge in [0.15, 0.2) is 0 Å². The highest BCUT2D eigenvalue weighted by atomic mass is 16.5. The molecule has 0 saturated carbocycles. The minimum absolute atomic E-state index is 0.0926. The van der Waals surface area contributed by atoms with E-state index >= 15 is 0 Å². The van der Waals surface area contributed by atoms with Crippen molar-refractivity contribution >= 4 is 11.8 Å². The number of nitrogens with zero attached hydrogens (tertiary/aromatic N) is 1. The fraction of sp³-hybridized carbons (Fsp3) is 0.548. The molecule has 0 saturated heterocycles. The summed E-state index contributed by atoms with van der Waals surface area (Å²) in [4.78, 5) is 28.8. The highest BCUT2D eigenvalue weighted by Crippen LogP contribution is 2.17. The SMILES string of the molecule is CCC[C@@H](C(=O)N[C@@H](Cc1ccc(OCc2ccccc2)cc1)C(=O)NC(C)(C)C)N(C)CCC(C)C. The van der Waals surface area contributed by atoms with E-state index < -0.39 is 11.6 Å². The number of hydrogen-bond acceptors (Lipinski definition) is 4. The first-order chi connectivity index (χ1) is 17.5. The number of likely N-dealkylation sites (N-methyl/N-ethyl adjacent to an activating group) is 1. The molecule has 0 aromatic heterocycles. The first kappa shape index (κ1) is 30.4. The number of carbonyl (C=O) groups is 2. The van der Waals surface area contributed by atoms with E-state index in [1.54, 1.807) is 0 Å². The Morgan fingerprint density at radius 3 is 2.14 bits per heavy atom. The van der Waals surface area contributed by atoms with E-state index in [-0.39, 0.29) is 17.9 Å². The summed E-state index contributed by atoms with van der Waals surface area (Å²) in [5.41, 5.74) is 1.67. The molecule has 2 amide bonds. The summed E-state index contributed by atoms with van der Waals surface area (Å²) >= 11 is 0. The summed E-state index contributed by atoms with van der Waals surface area (Å²) in [5.74, 6) is 1.06. The van der Waals surface area contributed by atoms with Crippen LogP contribution in [0.15, 0.2) is 54.6 Å². The van der Waals surface area contributed by atoms with E-state index in [0.717, 1.165) is 42.7 Å². The standard InChI is InChI=1S/C31H47N3O3/c1-8-12-28(34(7)20-19-23(2)3)30(36)32-27(29(35)33-31(4,5)6)21-24-15-17-26(18-16-24)37-22-25-13-10-9-11-14-25/h9-11,13-18,23,27-28H,8,12,19-22H2,1-7H3,(H,32,36)(H,33,35)/t27-,28-/m0/s1. The Hall–Kier alpha value is -2.86. The molecule has 37 heavy (non-hydrogen) atoms. The van der Waals surface area contributed by atoms with Gasteiger partial charge in [-0.3, -0.25) is 14.5 Å². The molecule has 0 heterocycles. The molecule has 2 N–H and O–H groups in total. The minimum atomic E-state index is -0.666. The summed E-state index contributed by atoms with van der Waals surface area (Å²) in [7, 11) is 2.00. The van der Waals surface area contributed by atoms with Crippen LogP contribution in [0.4, 0.5) is 0 Å². The lowest BCUT2D eigenvalue weighted by Gasteiger charge is -2.30. The van der Waals surface area contributed by atoms with Crippen molar-refractivity contribution in [1.82, 2.24) is 15.5 Å². The van der Waals surface area contributed by atoms with Crippen LogP contribution < -0.4 is 15.4 Å². The zero-order valence-electron chi connectivity index (χ0n) is 23.8. The molecule has 0 fully saturated rings. The largest absolute Gasteiger partial charge is 0.489 e. The van der Waals surface area contributed by atoms with Gasteiger partial charge in [-0.15, -0.1) is 0 Å². The number of carbonyl (C=O) groups excluding carboxylic acids is 2. The zero-order valence-corrected chi connectivity index (χ0v) is 23.8. The molecule has 0 bridgehead atoms. The molecular formula is C31H47N3O3. The van der Waals surface area contributed by atoms with Gasteiger partial charge >= 0.3 is 0 Å². The Balaban J connectivity index is 2.11. The fourth-order valence-electron chi connectivity index (χ4n) is 4.08. The number of hydrogen-bond donors (Lipinski definition) is 2.